The first-order valence-electron chi connectivity index (χ1n) is 10.6. The summed E-state index contributed by atoms with van der Waals surface area (Å²) in [6, 6.07) is 2.16. The highest BCUT2D eigenvalue weighted by molar-refractivity contribution is 6.11. The van der Waals surface area contributed by atoms with Gasteiger partial charge in [0.2, 0.25) is 0 Å². The van der Waals surface area contributed by atoms with E-state index < -0.39 is 23.7 Å². The van der Waals surface area contributed by atoms with Gasteiger partial charge in [0, 0.05) is 31.8 Å². The lowest BCUT2D eigenvalue weighted by Gasteiger charge is -2.10. The summed E-state index contributed by atoms with van der Waals surface area (Å²) in [7, 11) is 3.24. The molecule has 4 heterocycles. The molecule has 11 nitrogen and oxygen atoms in total. The lowest BCUT2D eigenvalue weighted by Crippen LogP contribution is -2.21. The monoisotopic (exact) mass is 487 g/mol. The third-order valence-corrected chi connectivity index (χ3v) is 5.85. The maximum absolute atomic E-state index is 13.6. The Bertz CT molecular complexity index is 1480. The number of carbonyl (C=O) groups is 2. The predicted octanol–water partition coefficient (Wildman–Crippen LogP) is 2.91. The van der Waals surface area contributed by atoms with Gasteiger partial charge in [0.15, 0.2) is 11.3 Å². The number of hydrogen-bond acceptors (Lipinski definition) is 6. The fourth-order valence-electron chi connectivity index (χ4n) is 3.68. The Labute approximate surface area is 195 Å². The zero-order valence-corrected chi connectivity index (χ0v) is 18.9. The smallest absolute Gasteiger partial charge is 0.318 e. The van der Waals surface area contributed by atoms with Crippen LogP contribution >= 0.6 is 0 Å². The number of nitrogens with zero attached hydrogens (tertiary/aromatic N) is 7. The van der Waals surface area contributed by atoms with Crippen LogP contribution < -0.4 is 10.6 Å². The maximum atomic E-state index is 13.6. The van der Waals surface area contributed by atoms with E-state index in [1.807, 2.05) is 0 Å². The summed E-state index contributed by atoms with van der Waals surface area (Å²) in [4.78, 5) is 30.0. The molecule has 1 aliphatic carbocycles. The highest BCUT2D eigenvalue weighted by Gasteiger charge is 2.37. The van der Waals surface area contributed by atoms with Crippen molar-refractivity contribution in [3.05, 3.63) is 53.0 Å². The van der Waals surface area contributed by atoms with E-state index in [4.69, 9.17) is 0 Å². The van der Waals surface area contributed by atoms with E-state index in [9.17, 15) is 22.8 Å². The topological polar surface area (TPSA) is 124 Å². The van der Waals surface area contributed by atoms with Crippen LogP contribution in [0.5, 0.6) is 0 Å². The Morgan fingerprint density at radius 2 is 1.66 bits per heavy atom. The predicted molar refractivity (Wildman–Crippen MR) is 117 cm³/mol. The van der Waals surface area contributed by atoms with Crippen molar-refractivity contribution < 1.29 is 22.8 Å². The number of fused-ring (bicyclic) bond motifs is 1. The van der Waals surface area contributed by atoms with Gasteiger partial charge in [0.25, 0.3) is 11.8 Å². The van der Waals surface area contributed by atoms with Gasteiger partial charge in [-0.1, -0.05) is 0 Å². The van der Waals surface area contributed by atoms with E-state index in [0.717, 1.165) is 18.9 Å². The molecule has 1 fully saturated rings. The highest BCUT2D eigenvalue weighted by atomic mass is 19.4. The minimum Gasteiger partial charge on any atom is -0.318 e. The van der Waals surface area contributed by atoms with Crippen molar-refractivity contribution in [2.24, 2.45) is 14.1 Å². The van der Waals surface area contributed by atoms with Crippen LogP contribution in [-0.4, -0.2) is 46.0 Å². The summed E-state index contributed by atoms with van der Waals surface area (Å²) in [5, 5.41) is 17.1. The SMILES string of the molecule is Cc1c(NC(=O)c2c(NC(=O)c3cc4nc(C5CC5)cc(C(F)(F)F)n4n3)cnn2C)cnn1C. The number of carbonyl (C=O) groups excluding carboxylic acids is 2. The molecule has 2 amide bonds. The molecular weight excluding hydrogens is 467 g/mol. The number of aromatic nitrogens is 7. The number of nitrogens with one attached hydrogen (secondary N) is 2. The normalized spacial score (nSPS) is 13.9. The van der Waals surface area contributed by atoms with Gasteiger partial charge in [-0.3, -0.25) is 19.0 Å². The minimum absolute atomic E-state index is 0.0202. The van der Waals surface area contributed by atoms with E-state index in [1.165, 1.54) is 30.2 Å². The van der Waals surface area contributed by atoms with Crippen LogP contribution in [0.4, 0.5) is 24.5 Å². The number of amides is 2. The molecule has 0 radical (unpaired) electrons. The van der Waals surface area contributed by atoms with Crippen LogP contribution in [0.1, 0.15) is 56.8 Å². The van der Waals surface area contributed by atoms with Crippen molar-refractivity contribution in [2.75, 3.05) is 10.6 Å². The van der Waals surface area contributed by atoms with Gasteiger partial charge < -0.3 is 10.6 Å². The van der Waals surface area contributed by atoms with Crippen molar-refractivity contribution in [1.29, 1.82) is 0 Å². The summed E-state index contributed by atoms with van der Waals surface area (Å²) in [5.41, 5.74) is 0.261. The van der Waals surface area contributed by atoms with Crippen LogP contribution in [0.15, 0.2) is 24.5 Å². The number of aryl methyl sites for hydroxylation is 2. The molecule has 4 aromatic heterocycles. The average Bonchev–Trinajstić information content (AvgIpc) is 3.35. The number of anilines is 2. The van der Waals surface area contributed by atoms with Crippen LogP contribution in [-0.2, 0) is 20.3 Å². The molecule has 1 saturated carbocycles. The largest absolute Gasteiger partial charge is 0.433 e. The molecule has 0 spiro atoms. The molecule has 0 saturated heterocycles. The molecule has 2 N–H and O–H groups in total. The number of rotatable bonds is 5. The standard InChI is InChI=1S/C21H20F3N9O2/c1-10-14(8-25-31(10)2)28-20(35)18-15(9-26-32(18)3)29-19(34)13-7-17-27-12(11-4-5-11)6-16(21(22,23)24)33(17)30-13/h6-9,11H,4-5H2,1-3H3,(H,28,35)(H,29,34). The summed E-state index contributed by atoms with van der Waals surface area (Å²) >= 11 is 0. The van der Waals surface area contributed by atoms with E-state index in [2.05, 4.69) is 30.9 Å². The van der Waals surface area contributed by atoms with Crippen LogP contribution in [0, 0.1) is 6.92 Å². The summed E-state index contributed by atoms with van der Waals surface area (Å²) in [6.07, 6.45) is -0.384. The number of hydrogen-bond donors (Lipinski definition) is 2. The number of halogens is 3. The second-order valence-electron chi connectivity index (χ2n) is 8.34. The van der Waals surface area contributed by atoms with E-state index in [0.29, 0.717) is 21.6 Å². The summed E-state index contributed by atoms with van der Waals surface area (Å²) in [6.45, 7) is 1.77. The molecule has 4 aromatic rings. The van der Waals surface area contributed by atoms with Gasteiger partial charge in [-0.2, -0.15) is 28.5 Å². The average molecular weight is 487 g/mol. The van der Waals surface area contributed by atoms with Gasteiger partial charge in [-0.05, 0) is 25.8 Å². The molecule has 14 heteroatoms. The lowest BCUT2D eigenvalue weighted by atomic mass is 10.2. The Kier molecular flexibility index (Phi) is 5.11. The quantitative estimate of drug-likeness (QED) is 0.446. The van der Waals surface area contributed by atoms with Gasteiger partial charge >= 0.3 is 6.18 Å². The van der Waals surface area contributed by atoms with Crippen molar-refractivity contribution in [3.8, 4) is 0 Å². The third-order valence-electron chi connectivity index (χ3n) is 5.85. The molecule has 0 bridgehead atoms. The first-order valence-corrected chi connectivity index (χ1v) is 10.6. The molecule has 35 heavy (non-hydrogen) atoms. The molecule has 5 rings (SSSR count). The molecule has 0 aliphatic heterocycles. The van der Waals surface area contributed by atoms with Gasteiger partial charge in [0.1, 0.15) is 11.4 Å². The Morgan fingerprint density at radius 1 is 1.00 bits per heavy atom. The van der Waals surface area contributed by atoms with Crippen molar-refractivity contribution in [2.45, 2.75) is 31.9 Å². The van der Waals surface area contributed by atoms with Crippen molar-refractivity contribution >= 4 is 28.8 Å². The van der Waals surface area contributed by atoms with Gasteiger partial charge in [-0.25, -0.2) is 9.50 Å². The summed E-state index contributed by atoms with van der Waals surface area (Å²) in [5.74, 6) is -1.38. The van der Waals surface area contributed by atoms with Crippen LogP contribution in [0.3, 0.4) is 0 Å². The fraction of sp³-hybridized carbons (Fsp3) is 0.333. The van der Waals surface area contributed by atoms with E-state index in [-0.39, 0.29) is 28.6 Å². The number of alkyl halides is 3. The van der Waals surface area contributed by atoms with E-state index >= 15 is 0 Å². The first kappa shape index (κ1) is 22.6. The molecule has 0 aromatic carbocycles. The third kappa shape index (κ3) is 4.11. The van der Waals surface area contributed by atoms with Crippen LogP contribution in [0.25, 0.3) is 5.65 Å². The highest BCUT2D eigenvalue weighted by Crippen LogP contribution is 2.41. The second kappa shape index (κ2) is 7.92. The Morgan fingerprint density at radius 3 is 2.29 bits per heavy atom. The Balaban J connectivity index is 1.44. The first-order chi connectivity index (χ1) is 16.5. The summed E-state index contributed by atoms with van der Waals surface area (Å²) < 4.78 is 44.4. The molecule has 182 valence electrons. The minimum atomic E-state index is -4.68. The Hall–Kier alpha value is -4.23. The molecule has 0 unspecified atom stereocenters. The van der Waals surface area contributed by atoms with Crippen LogP contribution in [0.2, 0.25) is 0 Å². The maximum Gasteiger partial charge on any atom is 0.433 e. The van der Waals surface area contributed by atoms with Crippen molar-refractivity contribution in [3.63, 3.8) is 0 Å². The fourth-order valence-corrected chi connectivity index (χ4v) is 3.68. The molecular formula is C21H20F3N9O2. The zero-order chi connectivity index (χ0) is 25.1. The second-order valence-corrected chi connectivity index (χ2v) is 8.34. The zero-order valence-electron chi connectivity index (χ0n) is 18.9. The molecule has 1 aliphatic rings. The molecule has 0 atom stereocenters. The lowest BCUT2D eigenvalue weighted by molar-refractivity contribution is -0.142. The van der Waals surface area contributed by atoms with Gasteiger partial charge in [-0.15, -0.1) is 0 Å². The van der Waals surface area contributed by atoms with Crippen molar-refractivity contribution in [1.82, 2.24) is 34.2 Å². The van der Waals surface area contributed by atoms with Gasteiger partial charge in [0.05, 0.1) is 29.5 Å². The van der Waals surface area contributed by atoms with E-state index in [1.54, 1.807) is 18.7 Å².